The van der Waals surface area contributed by atoms with Crippen LogP contribution in [-0.2, 0) is 0 Å². The molecule has 0 bridgehead atoms. The maximum absolute atomic E-state index is 12.1. The second-order valence-electron chi connectivity index (χ2n) is 4.64. The number of hydrogen-bond acceptors (Lipinski definition) is 2. The van der Waals surface area contributed by atoms with Gasteiger partial charge in [0.15, 0.2) is 5.78 Å². The summed E-state index contributed by atoms with van der Waals surface area (Å²) in [5.74, 6) is -0.00363. The van der Waals surface area contributed by atoms with Crippen molar-refractivity contribution in [2.75, 3.05) is 5.32 Å². The van der Waals surface area contributed by atoms with E-state index in [-0.39, 0.29) is 5.78 Å². The fraction of sp³-hybridized carbons (Fsp3) is 0.118. The maximum Gasteiger partial charge on any atom is 0.187 e. The quantitative estimate of drug-likeness (QED) is 0.634. The molecule has 2 aromatic carbocycles. The van der Waals surface area contributed by atoms with E-state index < -0.39 is 0 Å². The first-order valence-electron chi connectivity index (χ1n) is 6.37. The Hall–Kier alpha value is -1.87. The molecule has 0 radical (unpaired) electrons. The summed E-state index contributed by atoms with van der Waals surface area (Å²) in [5, 5.41) is 3.25. The van der Waals surface area contributed by atoms with Crippen molar-refractivity contribution >= 4 is 27.4 Å². The lowest BCUT2D eigenvalue weighted by Crippen LogP contribution is -2.02. The van der Waals surface area contributed by atoms with E-state index in [1.165, 1.54) is 0 Å². The molecule has 0 aliphatic heterocycles. The molecule has 102 valence electrons. The van der Waals surface area contributed by atoms with E-state index in [1.54, 1.807) is 6.08 Å². The Balaban J connectivity index is 2.12. The van der Waals surface area contributed by atoms with Crippen LogP contribution in [0.25, 0.3) is 0 Å². The summed E-state index contributed by atoms with van der Waals surface area (Å²) in [6, 6.07) is 15.3. The van der Waals surface area contributed by atoms with Crippen molar-refractivity contribution < 1.29 is 4.79 Å². The number of rotatable bonds is 4. The van der Waals surface area contributed by atoms with Crippen molar-refractivity contribution in [2.45, 2.75) is 13.8 Å². The number of ketones is 1. The average Bonchev–Trinajstić information content (AvgIpc) is 2.42. The van der Waals surface area contributed by atoms with E-state index in [9.17, 15) is 4.79 Å². The molecule has 0 saturated carbocycles. The zero-order valence-corrected chi connectivity index (χ0v) is 13.1. The molecule has 2 aromatic rings. The Bertz CT molecular complexity index is 644. The van der Waals surface area contributed by atoms with Crippen molar-refractivity contribution in [3.8, 4) is 0 Å². The standard InChI is InChI=1S/C17H16BrNO/c1-12-5-3-4-6-16(12)19-13(2)11-17(20)14-7-9-15(18)10-8-14/h3-11,19H,1-2H3/b13-11+. The first kappa shape index (κ1) is 14.5. The van der Waals surface area contributed by atoms with E-state index >= 15 is 0 Å². The number of nitrogens with one attached hydrogen (secondary N) is 1. The van der Waals surface area contributed by atoms with Crippen molar-refractivity contribution in [2.24, 2.45) is 0 Å². The Labute approximate surface area is 127 Å². The van der Waals surface area contributed by atoms with Crippen LogP contribution >= 0.6 is 15.9 Å². The summed E-state index contributed by atoms with van der Waals surface area (Å²) in [7, 11) is 0. The molecule has 1 N–H and O–H groups in total. The SMILES string of the molecule is C/C(=C\C(=O)c1ccc(Br)cc1)Nc1ccccc1C. The van der Waals surface area contributed by atoms with E-state index in [4.69, 9.17) is 0 Å². The van der Waals surface area contributed by atoms with Crippen LogP contribution in [-0.4, -0.2) is 5.78 Å². The highest BCUT2D eigenvalue weighted by Crippen LogP contribution is 2.16. The monoisotopic (exact) mass is 329 g/mol. The van der Waals surface area contributed by atoms with E-state index in [0.717, 1.165) is 21.4 Å². The van der Waals surface area contributed by atoms with Crippen LogP contribution in [0, 0.1) is 6.92 Å². The first-order valence-corrected chi connectivity index (χ1v) is 7.16. The summed E-state index contributed by atoms with van der Waals surface area (Å²) in [6.07, 6.45) is 1.62. The Kier molecular flexibility index (Phi) is 4.74. The number of allylic oxidation sites excluding steroid dienone is 2. The number of carbonyl (C=O) groups is 1. The zero-order valence-electron chi connectivity index (χ0n) is 11.5. The van der Waals surface area contributed by atoms with Gasteiger partial charge in [0.1, 0.15) is 0 Å². The fourth-order valence-corrected chi connectivity index (χ4v) is 2.12. The molecule has 0 fully saturated rings. The number of hydrogen-bond donors (Lipinski definition) is 1. The van der Waals surface area contributed by atoms with Gasteiger partial charge in [-0.15, -0.1) is 0 Å². The summed E-state index contributed by atoms with van der Waals surface area (Å²) in [5.41, 5.74) is 3.67. The number of benzene rings is 2. The van der Waals surface area contributed by atoms with Gasteiger partial charge in [-0.2, -0.15) is 0 Å². The Morgan fingerprint density at radius 3 is 2.40 bits per heavy atom. The molecule has 0 atom stereocenters. The predicted molar refractivity (Wildman–Crippen MR) is 87.0 cm³/mol. The maximum atomic E-state index is 12.1. The summed E-state index contributed by atoms with van der Waals surface area (Å²) in [4.78, 5) is 12.1. The van der Waals surface area contributed by atoms with E-state index in [2.05, 4.69) is 21.2 Å². The van der Waals surface area contributed by atoms with Crippen LogP contribution in [0.5, 0.6) is 0 Å². The van der Waals surface area contributed by atoms with Crippen LogP contribution < -0.4 is 5.32 Å². The lowest BCUT2D eigenvalue weighted by Gasteiger charge is -2.09. The minimum Gasteiger partial charge on any atom is -0.359 e. The first-order chi connectivity index (χ1) is 9.56. The normalized spacial score (nSPS) is 11.2. The fourth-order valence-electron chi connectivity index (χ4n) is 1.86. The molecule has 2 rings (SSSR count). The molecule has 0 unspecified atom stereocenters. The molecule has 0 aliphatic rings. The smallest absolute Gasteiger partial charge is 0.187 e. The highest BCUT2D eigenvalue weighted by Gasteiger charge is 2.04. The number of para-hydroxylation sites is 1. The van der Waals surface area contributed by atoms with Crippen molar-refractivity contribution in [3.05, 3.63) is 75.9 Å². The third kappa shape index (κ3) is 3.81. The molecule has 0 saturated heterocycles. The Morgan fingerprint density at radius 2 is 1.75 bits per heavy atom. The summed E-state index contributed by atoms with van der Waals surface area (Å²) >= 11 is 3.36. The van der Waals surface area contributed by atoms with Crippen molar-refractivity contribution in [3.63, 3.8) is 0 Å². The molecule has 3 heteroatoms. The van der Waals surface area contributed by atoms with Crippen LogP contribution in [0.4, 0.5) is 5.69 Å². The second kappa shape index (κ2) is 6.53. The number of aryl methyl sites for hydroxylation is 1. The van der Waals surface area contributed by atoms with Crippen LogP contribution in [0.2, 0.25) is 0 Å². The topological polar surface area (TPSA) is 29.1 Å². The minimum absolute atomic E-state index is 0.00363. The molecule has 0 aromatic heterocycles. The van der Waals surface area contributed by atoms with Gasteiger partial charge in [-0.25, -0.2) is 0 Å². The van der Waals surface area contributed by atoms with Gasteiger partial charge in [0, 0.05) is 27.5 Å². The number of halogens is 1. The molecule has 0 amide bonds. The van der Waals surface area contributed by atoms with Gasteiger partial charge >= 0.3 is 0 Å². The van der Waals surface area contributed by atoms with Gasteiger partial charge in [0.05, 0.1) is 0 Å². The van der Waals surface area contributed by atoms with Crippen molar-refractivity contribution in [1.82, 2.24) is 0 Å². The van der Waals surface area contributed by atoms with Crippen LogP contribution in [0.1, 0.15) is 22.8 Å². The van der Waals surface area contributed by atoms with Gasteiger partial charge in [0.2, 0.25) is 0 Å². The third-order valence-corrected chi connectivity index (χ3v) is 3.48. The third-order valence-electron chi connectivity index (χ3n) is 2.95. The van der Waals surface area contributed by atoms with Gasteiger partial charge in [-0.1, -0.05) is 34.1 Å². The lowest BCUT2D eigenvalue weighted by atomic mass is 10.1. The second-order valence-corrected chi connectivity index (χ2v) is 5.55. The highest BCUT2D eigenvalue weighted by molar-refractivity contribution is 9.10. The average molecular weight is 330 g/mol. The molecular formula is C17H16BrNO. The number of carbonyl (C=O) groups excluding carboxylic acids is 1. The summed E-state index contributed by atoms with van der Waals surface area (Å²) < 4.78 is 0.966. The van der Waals surface area contributed by atoms with Crippen LogP contribution in [0.3, 0.4) is 0 Å². The molecule has 2 nitrogen and oxygen atoms in total. The Morgan fingerprint density at radius 1 is 1.10 bits per heavy atom. The van der Waals surface area contributed by atoms with E-state index in [1.807, 2.05) is 62.4 Å². The highest BCUT2D eigenvalue weighted by atomic mass is 79.9. The molecule has 0 spiro atoms. The minimum atomic E-state index is -0.00363. The molecule has 0 aliphatic carbocycles. The number of anilines is 1. The van der Waals surface area contributed by atoms with Gasteiger partial charge in [-0.05, 0) is 49.7 Å². The lowest BCUT2D eigenvalue weighted by molar-refractivity contribution is 0.104. The predicted octanol–water partition coefficient (Wildman–Crippen LogP) is 4.96. The van der Waals surface area contributed by atoms with Gasteiger partial charge in [-0.3, -0.25) is 4.79 Å². The van der Waals surface area contributed by atoms with Crippen LogP contribution in [0.15, 0.2) is 64.8 Å². The van der Waals surface area contributed by atoms with E-state index in [0.29, 0.717) is 5.56 Å². The van der Waals surface area contributed by atoms with Gasteiger partial charge in [0.25, 0.3) is 0 Å². The van der Waals surface area contributed by atoms with Gasteiger partial charge < -0.3 is 5.32 Å². The molecule has 0 heterocycles. The largest absolute Gasteiger partial charge is 0.359 e. The zero-order chi connectivity index (χ0) is 14.5. The molecular weight excluding hydrogens is 314 g/mol. The summed E-state index contributed by atoms with van der Waals surface area (Å²) in [6.45, 7) is 3.93. The molecule has 20 heavy (non-hydrogen) atoms. The van der Waals surface area contributed by atoms with Crippen molar-refractivity contribution in [1.29, 1.82) is 0 Å².